The van der Waals surface area contributed by atoms with Crippen molar-refractivity contribution in [2.75, 3.05) is 0 Å². The molecule has 0 spiro atoms. The van der Waals surface area contributed by atoms with Gasteiger partial charge < -0.3 is 4.74 Å². The highest BCUT2D eigenvalue weighted by Crippen LogP contribution is 2.51. The standard InChI is InChI=1S/C28H31NO5S/c1-3-14-28(15-4-2)26(30)25(27(31)34-28)24(21-10-11-21)22-7-5-6-20(16-22)18-35(32,33)23-12-8-19(17-29)9-13-23/h5-9,12-13,16,21,24-25H,3-4,10-11,14-15,18H2,1-2H3. The molecule has 1 aliphatic heterocycles. The predicted molar refractivity (Wildman–Crippen MR) is 131 cm³/mol. The highest BCUT2D eigenvalue weighted by Gasteiger charge is 2.58. The molecule has 0 radical (unpaired) electrons. The highest BCUT2D eigenvalue weighted by atomic mass is 32.2. The minimum absolute atomic E-state index is 0.112. The van der Waals surface area contributed by atoms with E-state index in [1.54, 1.807) is 12.1 Å². The van der Waals surface area contributed by atoms with Crippen molar-refractivity contribution in [3.63, 3.8) is 0 Å². The van der Waals surface area contributed by atoms with Gasteiger partial charge in [-0.3, -0.25) is 9.59 Å². The van der Waals surface area contributed by atoms with E-state index in [2.05, 4.69) is 0 Å². The molecular formula is C28H31NO5S. The van der Waals surface area contributed by atoms with Crippen LogP contribution in [0.5, 0.6) is 0 Å². The Morgan fingerprint density at radius 2 is 1.71 bits per heavy atom. The van der Waals surface area contributed by atoms with Gasteiger partial charge in [-0.25, -0.2) is 8.42 Å². The molecule has 0 amide bonds. The predicted octanol–water partition coefficient (Wildman–Crippen LogP) is 5.11. The van der Waals surface area contributed by atoms with Gasteiger partial charge in [0.15, 0.2) is 21.2 Å². The molecule has 2 atom stereocenters. The van der Waals surface area contributed by atoms with Gasteiger partial charge in [0.1, 0.15) is 5.92 Å². The van der Waals surface area contributed by atoms with E-state index in [9.17, 15) is 18.0 Å². The number of sulfone groups is 1. The Balaban J connectivity index is 1.63. The number of nitrogens with zero attached hydrogens (tertiary/aromatic N) is 1. The number of nitriles is 1. The average molecular weight is 494 g/mol. The number of hydrogen-bond donors (Lipinski definition) is 0. The molecule has 184 valence electrons. The van der Waals surface area contributed by atoms with E-state index in [0.29, 0.717) is 24.0 Å². The monoisotopic (exact) mass is 493 g/mol. The van der Waals surface area contributed by atoms with Gasteiger partial charge in [-0.2, -0.15) is 5.26 Å². The van der Waals surface area contributed by atoms with Crippen LogP contribution in [-0.4, -0.2) is 25.8 Å². The molecule has 1 heterocycles. The van der Waals surface area contributed by atoms with E-state index in [1.807, 2.05) is 32.0 Å². The van der Waals surface area contributed by atoms with Crippen LogP contribution in [0.2, 0.25) is 0 Å². The van der Waals surface area contributed by atoms with E-state index in [0.717, 1.165) is 31.2 Å². The van der Waals surface area contributed by atoms with Crippen LogP contribution in [0.15, 0.2) is 53.4 Å². The van der Waals surface area contributed by atoms with Crippen molar-refractivity contribution in [2.24, 2.45) is 11.8 Å². The van der Waals surface area contributed by atoms with Crippen LogP contribution in [0.1, 0.15) is 75.0 Å². The summed E-state index contributed by atoms with van der Waals surface area (Å²) in [6, 6.07) is 15.1. The van der Waals surface area contributed by atoms with Gasteiger partial charge in [0, 0.05) is 5.92 Å². The first-order valence-corrected chi connectivity index (χ1v) is 14.0. The van der Waals surface area contributed by atoms with Gasteiger partial charge in [0.2, 0.25) is 0 Å². The summed E-state index contributed by atoms with van der Waals surface area (Å²) in [5, 5.41) is 8.96. The van der Waals surface area contributed by atoms with Crippen molar-refractivity contribution >= 4 is 21.6 Å². The Morgan fingerprint density at radius 3 is 2.29 bits per heavy atom. The lowest BCUT2D eigenvalue weighted by Gasteiger charge is -2.26. The number of esters is 1. The number of rotatable bonds is 10. The topological polar surface area (TPSA) is 101 Å². The summed E-state index contributed by atoms with van der Waals surface area (Å²) < 4.78 is 31.8. The summed E-state index contributed by atoms with van der Waals surface area (Å²) in [4.78, 5) is 26.9. The smallest absolute Gasteiger partial charge is 0.318 e. The molecule has 0 bridgehead atoms. The molecule has 35 heavy (non-hydrogen) atoms. The third-order valence-corrected chi connectivity index (χ3v) is 8.82. The van der Waals surface area contributed by atoms with Crippen molar-refractivity contribution in [1.29, 1.82) is 5.26 Å². The fourth-order valence-electron chi connectivity index (χ4n) is 5.41. The number of carbonyl (C=O) groups is 2. The number of ether oxygens (including phenoxy) is 1. The van der Waals surface area contributed by atoms with Crippen LogP contribution in [0.4, 0.5) is 0 Å². The molecule has 1 saturated heterocycles. The quantitative estimate of drug-likeness (QED) is 0.337. The Morgan fingerprint density at radius 1 is 1.06 bits per heavy atom. The van der Waals surface area contributed by atoms with Crippen molar-refractivity contribution < 1.29 is 22.7 Å². The second-order valence-corrected chi connectivity index (χ2v) is 11.8. The van der Waals surface area contributed by atoms with E-state index in [-0.39, 0.29) is 28.3 Å². The van der Waals surface area contributed by atoms with E-state index >= 15 is 0 Å². The van der Waals surface area contributed by atoms with Gasteiger partial charge in [-0.05, 0) is 67.0 Å². The molecule has 2 fully saturated rings. The van der Waals surface area contributed by atoms with E-state index < -0.39 is 27.3 Å². The highest BCUT2D eigenvalue weighted by molar-refractivity contribution is 7.90. The molecule has 1 saturated carbocycles. The Hall–Kier alpha value is -2.98. The third kappa shape index (κ3) is 5.04. The maximum Gasteiger partial charge on any atom is 0.318 e. The fraction of sp³-hybridized carbons (Fsp3) is 0.464. The van der Waals surface area contributed by atoms with Crippen LogP contribution < -0.4 is 0 Å². The number of ketones is 1. The molecule has 2 aromatic rings. The number of hydrogen-bond acceptors (Lipinski definition) is 6. The first-order valence-electron chi connectivity index (χ1n) is 12.3. The molecule has 1 aliphatic carbocycles. The molecule has 2 aromatic carbocycles. The first-order chi connectivity index (χ1) is 16.7. The van der Waals surface area contributed by atoms with Crippen LogP contribution in [-0.2, 0) is 29.9 Å². The molecule has 0 N–H and O–H groups in total. The van der Waals surface area contributed by atoms with E-state index in [1.165, 1.54) is 24.3 Å². The molecule has 4 rings (SSSR count). The van der Waals surface area contributed by atoms with Crippen LogP contribution in [0.25, 0.3) is 0 Å². The lowest BCUT2D eigenvalue weighted by Crippen LogP contribution is -2.38. The minimum atomic E-state index is -3.63. The van der Waals surface area contributed by atoms with Crippen molar-refractivity contribution in [3.05, 3.63) is 65.2 Å². The molecule has 2 aliphatic rings. The second kappa shape index (κ2) is 9.94. The largest absolute Gasteiger partial charge is 0.450 e. The Kier molecular flexibility index (Phi) is 7.14. The summed E-state index contributed by atoms with van der Waals surface area (Å²) >= 11 is 0. The lowest BCUT2D eigenvalue weighted by molar-refractivity contribution is -0.154. The van der Waals surface area contributed by atoms with Crippen molar-refractivity contribution in [1.82, 2.24) is 0 Å². The van der Waals surface area contributed by atoms with Gasteiger partial charge in [-0.15, -0.1) is 0 Å². The van der Waals surface area contributed by atoms with Crippen LogP contribution in [0, 0.1) is 23.2 Å². The molecular weight excluding hydrogens is 462 g/mol. The zero-order valence-corrected chi connectivity index (χ0v) is 21.0. The summed E-state index contributed by atoms with van der Waals surface area (Å²) in [5.74, 6) is -1.69. The number of Topliss-reactive ketones (excluding diaryl/α,β-unsaturated/α-hetero) is 1. The molecule has 2 unspecified atom stereocenters. The average Bonchev–Trinajstić information content (AvgIpc) is 3.63. The second-order valence-electron chi connectivity index (χ2n) is 9.76. The maximum atomic E-state index is 13.7. The molecule has 0 aromatic heterocycles. The van der Waals surface area contributed by atoms with Gasteiger partial charge >= 0.3 is 5.97 Å². The normalized spacial score (nSPS) is 20.3. The van der Waals surface area contributed by atoms with Gasteiger partial charge in [0.05, 0.1) is 22.3 Å². The molecule has 7 heteroatoms. The lowest BCUT2D eigenvalue weighted by atomic mass is 9.75. The summed E-state index contributed by atoms with van der Waals surface area (Å²) in [6.45, 7) is 3.98. The number of carbonyl (C=O) groups excluding carboxylic acids is 2. The summed E-state index contributed by atoms with van der Waals surface area (Å²) in [7, 11) is -3.63. The van der Waals surface area contributed by atoms with E-state index in [4.69, 9.17) is 10.00 Å². The zero-order valence-electron chi connectivity index (χ0n) is 20.2. The Labute approximate surface area is 207 Å². The van der Waals surface area contributed by atoms with Crippen LogP contribution in [0.3, 0.4) is 0 Å². The molecule has 6 nitrogen and oxygen atoms in total. The third-order valence-electron chi connectivity index (χ3n) is 7.11. The number of cyclic esters (lactones) is 1. The number of benzene rings is 2. The Bertz CT molecular complexity index is 1250. The van der Waals surface area contributed by atoms with Gasteiger partial charge in [0.25, 0.3) is 0 Å². The summed E-state index contributed by atoms with van der Waals surface area (Å²) in [6.07, 6.45) is 4.43. The SMILES string of the molecule is CCCC1(CCC)OC(=O)C(C(c2cccc(CS(=O)(=O)c3ccc(C#N)cc3)c2)C2CC2)C1=O. The first kappa shape index (κ1) is 25.1. The van der Waals surface area contributed by atoms with Crippen LogP contribution >= 0.6 is 0 Å². The summed E-state index contributed by atoms with van der Waals surface area (Å²) in [5.41, 5.74) is 0.784. The zero-order chi connectivity index (χ0) is 25.2. The van der Waals surface area contributed by atoms with Crippen molar-refractivity contribution in [2.45, 2.75) is 74.5 Å². The van der Waals surface area contributed by atoms with Gasteiger partial charge in [-0.1, -0.05) is 51.0 Å². The fourth-order valence-corrected chi connectivity index (χ4v) is 6.75. The minimum Gasteiger partial charge on any atom is -0.450 e. The maximum absolute atomic E-state index is 13.7. The van der Waals surface area contributed by atoms with Crippen molar-refractivity contribution in [3.8, 4) is 6.07 Å².